The number of hydrogen-bond acceptors (Lipinski definition) is 5. The molecule has 3 heterocycles. The Labute approximate surface area is 172 Å². The second-order valence-electron chi connectivity index (χ2n) is 10.9. The Morgan fingerprint density at radius 2 is 1.97 bits per heavy atom. The van der Waals surface area contributed by atoms with Crippen LogP contribution >= 0.6 is 0 Å². The molecule has 0 aromatic heterocycles. The second kappa shape index (κ2) is 5.88. The number of aliphatic hydroxyl groups excluding tert-OH is 2. The van der Waals surface area contributed by atoms with Crippen molar-refractivity contribution in [2.24, 2.45) is 41.4 Å². The summed E-state index contributed by atoms with van der Waals surface area (Å²) >= 11 is 0. The van der Waals surface area contributed by atoms with Crippen LogP contribution in [0.3, 0.4) is 0 Å². The van der Waals surface area contributed by atoms with E-state index in [4.69, 9.17) is 9.47 Å². The first kappa shape index (κ1) is 18.4. The molecule has 0 aromatic rings. The molecule has 2 saturated carbocycles. The molecule has 0 radical (unpaired) electrons. The summed E-state index contributed by atoms with van der Waals surface area (Å²) in [6, 6.07) is 0. The Kier molecular flexibility index (Phi) is 3.74. The van der Waals surface area contributed by atoms with Gasteiger partial charge in [-0.25, -0.2) is 4.79 Å². The van der Waals surface area contributed by atoms with Gasteiger partial charge in [0.15, 0.2) is 0 Å². The second-order valence-corrected chi connectivity index (χ2v) is 10.9. The fourth-order valence-electron chi connectivity index (χ4n) is 8.15. The number of hydrogen-bond donors (Lipinski definition) is 2. The highest BCUT2D eigenvalue weighted by atomic mass is 16.6. The van der Waals surface area contributed by atoms with E-state index >= 15 is 0 Å². The highest BCUT2D eigenvalue weighted by molar-refractivity contribution is 5.91. The summed E-state index contributed by atoms with van der Waals surface area (Å²) in [6.07, 6.45) is 5.20. The lowest BCUT2D eigenvalue weighted by Gasteiger charge is -2.50. The lowest BCUT2D eigenvalue weighted by atomic mass is 9.58. The van der Waals surface area contributed by atoms with Gasteiger partial charge < -0.3 is 19.7 Å². The minimum Gasteiger partial charge on any atom is -0.491 e. The van der Waals surface area contributed by atoms with E-state index in [1.807, 2.05) is 0 Å². The highest BCUT2D eigenvalue weighted by Gasteiger charge is 2.65. The van der Waals surface area contributed by atoms with E-state index in [9.17, 15) is 15.0 Å². The fourth-order valence-corrected chi connectivity index (χ4v) is 8.15. The summed E-state index contributed by atoms with van der Waals surface area (Å²) < 4.78 is 12.6. The molecule has 0 spiro atoms. The van der Waals surface area contributed by atoms with Gasteiger partial charge in [-0.15, -0.1) is 0 Å². The van der Waals surface area contributed by atoms with Crippen molar-refractivity contribution in [3.63, 3.8) is 0 Å². The van der Waals surface area contributed by atoms with Crippen LogP contribution in [-0.2, 0) is 14.3 Å². The molecule has 158 valence electrons. The van der Waals surface area contributed by atoms with Crippen LogP contribution < -0.4 is 0 Å². The minimum absolute atomic E-state index is 0.0751. The standard InChI is InChI=1S/C24H32O5/c1-10-6-12-7-13(25)8-16(26)18(12)19-14(10)9-15-20(19)21-22-11(2)17(28-23(21)27)4-5-24(15,3)29-22/h6,11-20,25-26H,4-5,7-9H2,1-3H3/t11-,12-,13+,14-,15+,16+,17-,18+,19-,20+,24-/m0/s1. The molecule has 5 nitrogen and oxygen atoms in total. The van der Waals surface area contributed by atoms with Crippen molar-refractivity contribution in [1.29, 1.82) is 0 Å². The molecular weight excluding hydrogens is 368 g/mol. The summed E-state index contributed by atoms with van der Waals surface area (Å²) in [5.74, 6) is 2.03. The van der Waals surface area contributed by atoms with Crippen molar-refractivity contribution in [3.05, 3.63) is 23.0 Å². The predicted molar refractivity (Wildman–Crippen MR) is 105 cm³/mol. The van der Waals surface area contributed by atoms with Gasteiger partial charge in [0.1, 0.15) is 17.5 Å². The molecule has 3 aliphatic heterocycles. The molecule has 0 unspecified atom stereocenters. The van der Waals surface area contributed by atoms with Crippen LogP contribution in [-0.4, -0.2) is 40.1 Å². The average Bonchev–Trinajstić information content (AvgIpc) is 3.03. The van der Waals surface area contributed by atoms with Crippen LogP contribution in [0.1, 0.15) is 52.9 Å². The van der Waals surface area contributed by atoms with Gasteiger partial charge in [-0.05, 0) is 69.6 Å². The summed E-state index contributed by atoms with van der Waals surface area (Å²) in [4.78, 5) is 13.2. The topological polar surface area (TPSA) is 76.0 Å². The molecular formula is C24H32O5. The van der Waals surface area contributed by atoms with Gasteiger partial charge in [-0.3, -0.25) is 0 Å². The molecule has 3 bridgehead atoms. The largest absolute Gasteiger partial charge is 0.491 e. The first-order valence-corrected chi connectivity index (χ1v) is 11.5. The van der Waals surface area contributed by atoms with E-state index in [-0.39, 0.29) is 53.2 Å². The zero-order chi connectivity index (χ0) is 20.2. The van der Waals surface area contributed by atoms with Crippen LogP contribution in [0, 0.1) is 41.4 Å². The number of carbonyl (C=O) groups excluding carboxylic acids is 1. The van der Waals surface area contributed by atoms with Gasteiger partial charge >= 0.3 is 5.97 Å². The van der Waals surface area contributed by atoms with Crippen molar-refractivity contribution in [1.82, 2.24) is 0 Å². The molecule has 0 aromatic carbocycles. The number of carbonyl (C=O) groups is 1. The van der Waals surface area contributed by atoms with Crippen LogP contribution in [0.25, 0.3) is 0 Å². The number of esters is 1. The number of rotatable bonds is 0. The van der Waals surface area contributed by atoms with Gasteiger partial charge in [0.05, 0.1) is 23.7 Å². The first-order valence-electron chi connectivity index (χ1n) is 11.5. The molecule has 29 heavy (non-hydrogen) atoms. The van der Waals surface area contributed by atoms with E-state index in [2.05, 4.69) is 26.8 Å². The number of ether oxygens (including phenoxy) is 2. The molecule has 11 atom stereocenters. The van der Waals surface area contributed by atoms with Crippen LogP contribution in [0.2, 0.25) is 0 Å². The van der Waals surface area contributed by atoms with Gasteiger partial charge in [0, 0.05) is 11.8 Å². The van der Waals surface area contributed by atoms with Crippen molar-refractivity contribution in [2.45, 2.75) is 76.8 Å². The Morgan fingerprint density at radius 3 is 2.76 bits per heavy atom. The van der Waals surface area contributed by atoms with Crippen molar-refractivity contribution in [3.8, 4) is 0 Å². The van der Waals surface area contributed by atoms with Gasteiger partial charge in [0.2, 0.25) is 0 Å². The quantitative estimate of drug-likeness (QED) is 0.483. The molecule has 2 N–H and O–H groups in total. The van der Waals surface area contributed by atoms with Crippen molar-refractivity contribution < 1.29 is 24.5 Å². The summed E-state index contributed by atoms with van der Waals surface area (Å²) in [5, 5.41) is 21.3. The number of fused-ring (bicyclic) bond motifs is 9. The summed E-state index contributed by atoms with van der Waals surface area (Å²) in [7, 11) is 0. The Morgan fingerprint density at radius 1 is 1.17 bits per heavy atom. The lowest BCUT2D eigenvalue weighted by molar-refractivity contribution is -0.155. The minimum atomic E-state index is -0.521. The molecule has 3 fully saturated rings. The molecule has 6 aliphatic rings. The number of allylic oxidation sites excluding steroid dienone is 2. The Balaban J connectivity index is 1.52. The van der Waals surface area contributed by atoms with Gasteiger partial charge in [-0.2, -0.15) is 0 Å². The SMILES string of the molecule is CC1=C[C@H]2C[C@@H](O)C[C@@H](O)[C@@H]2[C@H]2[C@@H]3C4=C5O[C@@](C)(CC[C@H](OC4=O)[C@@H]5C)[C@@H]3C[C@@H]12. The molecule has 5 heteroatoms. The molecule has 3 aliphatic carbocycles. The lowest BCUT2D eigenvalue weighted by Crippen LogP contribution is -2.51. The van der Waals surface area contributed by atoms with Crippen LogP contribution in [0.4, 0.5) is 0 Å². The maximum Gasteiger partial charge on any atom is 0.338 e. The van der Waals surface area contributed by atoms with Gasteiger partial charge in [0.25, 0.3) is 0 Å². The molecule has 1 saturated heterocycles. The van der Waals surface area contributed by atoms with Crippen LogP contribution in [0.15, 0.2) is 23.0 Å². The van der Waals surface area contributed by atoms with E-state index in [1.54, 1.807) is 0 Å². The van der Waals surface area contributed by atoms with E-state index < -0.39 is 12.2 Å². The first-order chi connectivity index (χ1) is 13.8. The molecule has 6 rings (SSSR count). The highest BCUT2D eigenvalue weighted by Crippen LogP contribution is 2.65. The van der Waals surface area contributed by atoms with Crippen LogP contribution in [0.5, 0.6) is 0 Å². The van der Waals surface area contributed by atoms with Crippen molar-refractivity contribution >= 4 is 5.97 Å². The Hall–Kier alpha value is -1.33. The number of aliphatic hydroxyl groups is 2. The zero-order valence-electron chi connectivity index (χ0n) is 17.5. The normalized spacial score (nSPS) is 55.2. The predicted octanol–water partition coefficient (Wildman–Crippen LogP) is 2.96. The van der Waals surface area contributed by atoms with E-state index in [0.717, 1.165) is 30.6 Å². The molecule has 0 amide bonds. The zero-order valence-corrected chi connectivity index (χ0v) is 17.5. The maximum atomic E-state index is 13.2. The summed E-state index contributed by atoms with van der Waals surface area (Å²) in [6.45, 7) is 6.57. The third-order valence-electron chi connectivity index (χ3n) is 9.42. The maximum absolute atomic E-state index is 13.2. The van der Waals surface area contributed by atoms with E-state index in [0.29, 0.717) is 18.8 Å². The third kappa shape index (κ3) is 2.32. The van der Waals surface area contributed by atoms with Crippen molar-refractivity contribution in [2.75, 3.05) is 0 Å². The average molecular weight is 401 g/mol. The monoisotopic (exact) mass is 400 g/mol. The van der Waals surface area contributed by atoms with E-state index in [1.165, 1.54) is 5.57 Å². The Bertz CT molecular complexity index is 829. The van der Waals surface area contributed by atoms with Gasteiger partial charge in [-0.1, -0.05) is 18.6 Å². The summed E-state index contributed by atoms with van der Waals surface area (Å²) in [5.41, 5.74) is 1.87. The smallest absolute Gasteiger partial charge is 0.338 e. The fraction of sp³-hybridized carbons (Fsp3) is 0.792. The third-order valence-corrected chi connectivity index (χ3v) is 9.42.